The van der Waals surface area contributed by atoms with Crippen LogP contribution in [0, 0.1) is 5.92 Å². The van der Waals surface area contributed by atoms with E-state index in [9.17, 15) is 14.4 Å². The first-order valence-electron chi connectivity index (χ1n) is 6.13. The quantitative estimate of drug-likeness (QED) is 0.801. The smallest absolute Gasteiger partial charge is 0.336 e. The fourth-order valence-electron chi connectivity index (χ4n) is 2.33. The Balaban J connectivity index is 1.99. The van der Waals surface area contributed by atoms with Crippen LogP contribution in [0.2, 0.25) is 0 Å². The predicted octanol–water partition coefficient (Wildman–Crippen LogP) is 0.795. The fourth-order valence-corrected chi connectivity index (χ4v) is 2.33. The van der Waals surface area contributed by atoms with E-state index in [1.807, 2.05) is 0 Å². The summed E-state index contributed by atoms with van der Waals surface area (Å²) in [5, 5.41) is 2.26. The molecule has 0 atom stereocenters. The Kier molecular flexibility index (Phi) is 2.54. The topological polar surface area (TPSA) is 76.4 Å². The molecule has 18 heavy (non-hydrogen) atoms. The monoisotopic (exact) mass is 247 g/mol. The summed E-state index contributed by atoms with van der Waals surface area (Å²) in [6.07, 6.45) is 4.10. The fraction of sp³-hybridized carbons (Fsp3) is 0.462. The van der Waals surface area contributed by atoms with Crippen molar-refractivity contribution in [2.75, 3.05) is 0 Å². The van der Waals surface area contributed by atoms with Crippen LogP contribution in [0.3, 0.4) is 0 Å². The summed E-state index contributed by atoms with van der Waals surface area (Å²) in [5.74, 6) is 0.0639. The molecule has 1 aliphatic carbocycles. The summed E-state index contributed by atoms with van der Waals surface area (Å²) >= 11 is 0. The summed E-state index contributed by atoms with van der Waals surface area (Å²) in [6, 6.07) is 1.37. The van der Waals surface area contributed by atoms with Gasteiger partial charge in [0, 0.05) is 6.07 Å². The Labute approximate surface area is 103 Å². The molecule has 1 aromatic heterocycles. The molecule has 2 heterocycles. The van der Waals surface area contributed by atoms with Crippen LogP contribution >= 0.6 is 0 Å². The van der Waals surface area contributed by atoms with Gasteiger partial charge in [-0.15, -0.1) is 0 Å². The van der Waals surface area contributed by atoms with Crippen molar-refractivity contribution in [3.8, 4) is 0 Å². The van der Waals surface area contributed by atoms with Gasteiger partial charge >= 0.3 is 5.63 Å². The SMILES string of the molecule is O=C1Cc2oc(=O)cc(CCC3CC3)c2C(=O)N1. The molecule has 1 aliphatic heterocycles. The number of fused-ring (bicyclic) bond motifs is 1. The van der Waals surface area contributed by atoms with Crippen molar-refractivity contribution in [2.45, 2.75) is 32.1 Å². The maximum absolute atomic E-state index is 11.8. The van der Waals surface area contributed by atoms with E-state index in [-0.39, 0.29) is 12.2 Å². The van der Waals surface area contributed by atoms with Crippen LogP contribution in [0.5, 0.6) is 0 Å². The van der Waals surface area contributed by atoms with E-state index in [0.29, 0.717) is 17.5 Å². The number of hydrogen-bond donors (Lipinski definition) is 1. The van der Waals surface area contributed by atoms with Gasteiger partial charge in [0.1, 0.15) is 5.76 Å². The van der Waals surface area contributed by atoms with Crippen LogP contribution < -0.4 is 10.9 Å². The molecule has 1 fully saturated rings. The first-order chi connectivity index (χ1) is 8.63. The lowest BCUT2D eigenvalue weighted by Gasteiger charge is -2.16. The van der Waals surface area contributed by atoms with Crippen molar-refractivity contribution >= 4 is 11.8 Å². The summed E-state index contributed by atoms with van der Waals surface area (Å²) in [7, 11) is 0. The molecule has 0 radical (unpaired) electrons. The van der Waals surface area contributed by atoms with E-state index in [1.54, 1.807) is 0 Å². The summed E-state index contributed by atoms with van der Waals surface area (Å²) < 4.78 is 4.97. The third-order valence-corrected chi connectivity index (χ3v) is 3.44. The van der Waals surface area contributed by atoms with E-state index in [0.717, 1.165) is 12.3 Å². The summed E-state index contributed by atoms with van der Waals surface area (Å²) in [4.78, 5) is 34.5. The van der Waals surface area contributed by atoms with E-state index < -0.39 is 17.4 Å². The number of nitrogens with one attached hydrogen (secondary N) is 1. The van der Waals surface area contributed by atoms with Crippen LogP contribution in [0.25, 0.3) is 0 Å². The van der Waals surface area contributed by atoms with E-state index in [1.165, 1.54) is 18.9 Å². The zero-order chi connectivity index (χ0) is 12.7. The van der Waals surface area contributed by atoms with Crippen LogP contribution in [-0.2, 0) is 17.6 Å². The first-order valence-corrected chi connectivity index (χ1v) is 6.13. The molecule has 0 aromatic carbocycles. The zero-order valence-electron chi connectivity index (χ0n) is 9.82. The van der Waals surface area contributed by atoms with Crippen LogP contribution in [-0.4, -0.2) is 11.8 Å². The average molecular weight is 247 g/mol. The highest BCUT2D eigenvalue weighted by molar-refractivity contribution is 6.09. The van der Waals surface area contributed by atoms with Crippen molar-refractivity contribution in [1.29, 1.82) is 0 Å². The van der Waals surface area contributed by atoms with Gasteiger partial charge in [0.15, 0.2) is 0 Å². The molecule has 5 nitrogen and oxygen atoms in total. The number of imide groups is 1. The number of aryl methyl sites for hydroxylation is 1. The van der Waals surface area contributed by atoms with Gasteiger partial charge in [-0.25, -0.2) is 4.79 Å². The molecule has 2 aliphatic rings. The molecule has 5 heteroatoms. The third kappa shape index (κ3) is 2.08. The lowest BCUT2D eigenvalue weighted by molar-refractivity contribution is -0.120. The number of carbonyl (C=O) groups excluding carboxylic acids is 2. The zero-order valence-corrected chi connectivity index (χ0v) is 9.82. The van der Waals surface area contributed by atoms with Gasteiger partial charge in [-0.1, -0.05) is 12.8 Å². The Morgan fingerprint density at radius 1 is 1.28 bits per heavy atom. The minimum absolute atomic E-state index is 0.0341. The van der Waals surface area contributed by atoms with Gasteiger partial charge in [0.2, 0.25) is 5.91 Å². The maximum Gasteiger partial charge on any atom is 0.336 e. The van der Waals surface area contributed by atoms with Gasteiger partial charge in [0.25, 0.3) is 5.91 Å². The highest BCUT2D eigenvalue weighted by Gasteiger charge is 2.29. The third-order valence-electron chi connectivity index (χ3n) is 3.44. The Morgan fingerprint density at radius 3 is 2.78 bits per heavy atom. The molecule has 2 amide bonds. The molecular formula is C13H13NO4. The van der Waals surface area contributed by atoms with Crippen molar-refractivity contribution in [2.24, 2.45) is 5.92 Å². The Bertz CT molecular complexity index is 583. The van der Waals surface area contributed by atoms with Crippen LogP contribution in [0.4, 0.5) is 0 Å². The minimum Gasteiger partial charge on any atom is -0.426 e. The van der Waals surface area contributed by atoms with Crippen molar-refractivity contribution < 1.29 is 14.0 Å². The molecular weight excluding hydrogens is 234 g/mol. The van der Waals surface area contributed by atoms with Crippen molar-refractivity contribution in [1.82, 2.24) is 5.32 Å². The van der Waals surface area contributed by atoms with Crippen LogP contribution in [0.15, 0.2) is 15.3 Å². The molecule has 0 unspecified atom stereocenters. The average Bonchev–Trinajstić information content (AvgIpc) is 3.07. The lowest BCUT2D eigenvalue weighted by atomic mass is 9.97. The summed E-state index contributed by atoms with van der Waals surface area (Å²) in [6.45, 7) is 0. The number of carbonyl (C=O) groups is 2. The van der Waals surface area contributed by atoms with Gasteiger partial charge in [0.05, 0.1) is 12.0 Å². The van der Waals surface area contributed by atoms with E-state index >= 15 is 0 Å². The Hall–Kier alpha value is -1.91. The number of hydrogen-bond acceptors (Lipinski definition) is 4. The largest absolute Gasteiger partial charge is 0.426 e. The summed E-state index contributed by atoms with van der Waals surface area (Å²) in [5.41, 5.74) is 0.607. The number of rotatable bonds is 3. The molecule has 1 N–H and O–H groups in total. The molecule has 3 rings (SSSR count). The second-order valence-electron chi connectivity index (χ2n) is 4.92. The normalized spacial score (nSPS) is 18.4. The molecule has 0 saturated heterocycles. The van der Waals surface area contributed by atoms with Gasteiger partial charge in [-0.2, -0.15) is 0 Å². The predicted molar refractivity (Wildman–Crippen MR) is 62.2 cm³/mol. The van der Waals surface area contributed by atoms with E-state index in [2.05, 4.69) is 5.32 Å². The lowest BCUT2D eigenvalue weighted by Crippen LogP contribution is -2.38. The highest BCUT2D eigenvalue weighted by atomic mass is 16.4. The second-order valence-corrected chi connectivity index (χ2v) is 4.92. The van der Waals surface area contributed by atoms with Crippen molar-refractivity contribution in [3.05, 3.63) is 33.4 Å². The minimum atomic E-state index is -0.484. The van der Waals surface area contributed by atoms with Gasteiger partial charge in [-0.3, -0.25) is 14.9 Å². The van der Waals surface area contributed by atoms with Gasteiger partial charge < -0.3 is 4.42 Å². The van der Waals surface area contributed by atoms with E-state index in [4.69, 9.17) is 4.42 Å². The van der Waals surface area contributed by atoms with Gasteiger partial charge in [-0.05, 0) is 24.3 Å². The second kappa shape index (κ2) is 4.08. The number of amides is 2. The molecule has 0 spiro atoms. The maximum atomic E-state index is 11.8. The van der Waals surface area contributed by atoms with Crippen molar-refractivity contribution in [3.63, 3.8) is 0 Å². The molecule has 1 saturated carbocycles. The molecule has 94 valence electrons. The highest BCUT2D eigenvalue weighted by Crippen LogP contribution is 2.34. The Morgan fingerprint density at radius 2 is 2.06 bits per heavy atom. The first kappa shape index (κ1) is 11.2. The molecule has 1 aromatic rings. The van der Waals surface area contributed by atoms with Crippen LogP contribution in [0.1, 0.15) is 40.9 Å². The standard InChI is InChI=1S/C13H13NO4/c15-10-6-9-12(13(17)14-10)8(5-11(16)18-9)4-3-7-1-2-7/h5,7H,1-4,6H2,(H,14,15,17). The molecule has 0 bridgehead atoms.